The average Bonchev–Trinajstić information content (AvgIpc) is 2.54. The van der Waals surface area contributed by atoms with Crippen LogP contribution >= 0.6 is 0 Å². The molecule has 2 aromatic rings. The Morgan fingerprint density at radius 1 is 1.08 bits per heavy atom. The van der Waals surface area contributed by atoms with Crippen molar-refractivity contribution >= 4 is 5.71 Å². The van der Waals surface area contributed by atoms with Crippen LogP contribution in [0.1, 0.15) is 67.3 Å². The van der Waals surface area contributed by atoms with Gasteiger partial charge < -0.3 is 5.11 Å². The highest BCUT2D eigenvalue weighted by Crippen LogP contribution is 2.33. The van der Waals surface area contributed by atoms with Crippen molar-refractivity contribution in [3.05, 3.63) is 76.9 Å². The first-order valence-corrected chi connectivity index (χ1v) is 8.51. The largest absolute Gasteiger partial charge is 0.507 e. The molecule has 0 radical (unpaired) electrons. The Balaban J connectivity index is 2.73. The van der Waals surface area contributed by atoms with Gasteiger partial charge in [-0.2, -0.15) is 0 Å². The molecule has 0 aliphatic carbocycles. The lowest BCUT2D eigenvalue weighted by Gasteiger charge is -2.22. The fourth-order valence-electron chi connectivity index (χ4n) is 3.06. The van der Waals surface area contributed by atoms with E-state index in [0.29, 0.717) is 23.1 Å². The van der Waals surface area contributed by atoms with E-state index in [2.05, 4.69) is 46.4 Å². The molecule has 2 nitrogen and oxygen atoms in total. The highest BCUT2D eigenvalue weighted by Gasteiger charge is 2.21. The molecule has 0 saturated carbocycles. The molecule has 0 aromatic heterocycles. The number of rotatable bonds is 6. The van der Waals surface area contributed by atoms with Gasteiger partial charge in [0.15, 0.2) is 0 Å². The maximum Gasteiger partial charge on any atom is 0.124 e. The van der Waals surface area contributed by atoms with Gasteiger partial charge in [0.2, 0.25) is 0 Å². The van der Waals surface area contributed by atoms with Crippen molar-refractivity contribution in [2.75, 3.05) is 0 Å². The second-order valence-electron chi connectivity index (χ2n) is 6.84. The van der Waals surface area contributed by atoms with Crippen LogP contribution in [0.15, 0.2) is 49.1 Å². The molecule has 24 heavy (non-hydrogen) atoms. The first-order chi connectivity index (χ1) is 11.4. The van der Waals surface area contributed by atoms with Crippen LogP contribution in [-0.4, -0.2) is 10.8 Å². The molecule has 2 N–H and O–H groups in total. The van der Waals surface area contributed by atoms with E-state index in [9.17, 15) is 5.11 Å². The first-order valence-electron chi connectivity index (χ1n) is 8.51. The molecule has 126 valence electrons. The standard InChI is InChI=1S/C22H27NO/c1-6-9-16-12-18(14(2)3)21(19(13-16)15(4)5)22(23)17-10-7-8-11-20(17)24/h6-8,10-15,23-24H,1,9H2,2-5H3. The van der Waals surface area contributed by atoms with Crippen LogP contribution in [-0.2, 0) is 6.42 Å². The molecule has 0 unspecified atom stereocenters. The summed E-state index contributed by atoms with van der Waals surface area (Å²) in [6.45, 7) is 12.5. The predicted molar refractivity (Wildman–Crippen MR) is 103 cm³/mol. The van der Waals surface area contributed by atoms with Crippen LogP contribution in [0.25, 0.3) is 0 Å². The topological polar surface area (TPSA) is 44.1 Å². The molecule has 2 heteroatoms. The number of allylic oxidation sites excluding steroid dienone is 1. The third-order valence-corrected chi connectivity index (χ3v) is 4.31. The monoisotopic (exact) mass is 321 g/mol. The third kappa shape index (κ3) is 3.59. The fourth-order valence-corrected chi connectivity index (χ4v) is 3.06. The average molecular weight is 321 g/mol. The van der Waals surface area contributed by atoms with Crippen molar-refractivity contribution in [3.63, 3.8) is 0 Å². The van der Waals surface area contributed by atoms with E-state index in [1.54, 1.807) is 12.1 Å². The van der Waals surface area contributed by atoms with Gasteiger partial charge in [0.1, 0.15) is 5.75 Å². The molecule has 0 fully saturated rings. The number of phenols is 1. The van der Waals surface area contributed by atoms with Crippen molar-refractivity contribution in [3.8, 4) is 5.75 Å². The lowest BCUT2D eigenvalue weighted by atomic mass is 9.82. The molecule has 0 heterocycles. The lowest BCUT2D eigenvalue weighted by molar-refractivity contribution is 0.474. The number of hydrogen-bond donors (Lipinski definition) is 2. The summed E-state index contributed by atoms with van der Waals surface area (Å²) in [4.78, 5) is 0. The van der Waals surface area contributed by atoms with E-state index in [4.69, 9.17) is 5.41 Å². The summed E-state index contributed by atoms with van der Waals surface area (Å²) in [7, 11) is 0. The Hall–Kier alpha value is -2.35. The van der Waals surface area contributed by atoms with Gasteiger partial charge >= 0.3 is 0 Å². The van der Waals surface area contributed by atoms with Crippen LogP contribution in [0, 0.1) is 5.41 Å². The number of nitrogens with one attached hydrogen (secondary N) is 1. The molecule has 0 aliphatic heterocycles. The number of para-hydroxylation sites is 1. The fraction of sp³-hybridized carbons (Fsp3) is 0.318. The highest BCUT2D eigenvalue weighted by atomic mass is 16.3. The molecule has 2 aromatic carbocycles. The van der Waals surface area contributed by atoms with E-state index in [0.717, 1.165) is 23.1 Å². The van der Waals surface area contributed by atoms with Gasteiger partial charge in [-0.25, -0.2) is 0 Å². The maximum absolute atomic E-state index is 10.2. The lowest BCUT2D eigenvalue weighted by Crippen LogP contribution is -2.13. The van der Waals surface area contributed by atoms with Crippen LogP contribution in [0.3, 0.4) is 0 Å². The molecular formula is C22H27NO. The third-order valence-electron chi connectivity index (χ3n) is 4.31. The SMILES string of the molecule is C=CCc1cc(C(C)C)c(C(=N)c2ccccc2O)c(C(C)C)c1. The zero-order chi connectivity index (χ0) is 17.9. The Morgan fingerprint density at radius 3 is 2.08 bits per heavy atom. The van der Waals surface area contributed by atoms with E-state index in [1.807, 2.05) is 18.2 Å². The van der Waals surface area contributed by atoms with Crippen molar-refractivity contribution in [1.82, 2.24) is 0 Å². The predicted octanol–water partition coefficient (Wildman–Crippen LogP) is 5.78. The van der Waals surface area contributed by atoms with Gasteiger partial charge in [-0.15, -0.1) is 6.58 Å². The molecule has 0 bridgehead atoms. The van der Waals surface area contributed by atoms with E-state index in [1.165, 1.54) is 5.56 Å². The Kier molecular flexibility index (Phi) is 5.61. The summed E-state index contributed by atoms with van der Waals surface area (Å²) >= 11 is 0. The van der Waals surface area contributed by atoms with Crippen molar-refractivity contribution in [1.29, 1.82) is 5.41 Å². The molecular weight excluding hydrogens is 294 g/mol. The van der Waals surface area contributed by atoms with E-state index < -0.39 is 0 Å². The van der Waals surface area contributed by atoms with Crippen molar-refractivity contribution in [2.24, 2.45) is 0 Å². The second kappa shape index (κ2) is 7.48. The van der Waals surface area contributed by atoms with E-state index >= 15 is 0 Å². The second-order valence-corrected chi connectivity index (χ2v) is 6.84. The quantitative estimate of drug-likeness (QED) is 0.514. The van der Waals surface area contributed by atoms with Gasteiger partial charge in [0.25, 0.3) is 0 Å². The van der Waals surface area contributed by atoms with Gasteiger partial charge in [-0.1, -0.05) is 58.0 Å². The van der Waals surface area contributed by atoms with Gasteiger partial charge in [-0.05, 0) is 47.1 Å². The van der Waals surface area contributed by atoms with Crippen LogP contribution in [0.4, 0.5) is 0 Å². The molecule has 0 spiro atoms. The van der Waals surface area contributed by atoms with Crippen LogP contribution < -0.4 is 0 Å². The first kappa shape index (κ1) is 18.0. The molecule has 0 aliphatic rings. The Morgan fingerprint density at radius 2 is 1.62 bits per heavy atom. The number of aromatic hydroxyl groups is 1. The number of hydrogen-bond acceptors (Lipinski definition) is 2. The normalized spacial score (nSPS) is 11.1. The van der Waals surface area contributed by atoms with Gasteiger partial charge in [0, 0.05) is 11.1 Å². The number of phenolic OH excluding ortho intramolecular Hbond substituents is 1. The minimum absolute atomic E-state index is 0.155. The zero-order valence-electron chi connectivity index (χ0n) is 15.1. The molecule has 0 amide bonds. The minimum Gasteiger partial charge on any atom is -0.507 e. The molecule has 0 saturated heterocycles. The summed E-state index contributed by atoms with van der Waals surface area (Å²) in [5.41, 5.74) is 5.47. The van der Waals surface area contributed by atoms with E-state index in [-0.39, 0.29) is 5.75 Å². The summed E-state index contributed by atoms with van der Waals surface area (Å²) in [6, 6.07) is 11.5. The molecule has 0 atom stereocenters. The Bertz CT molecular complexity index is 727. The maximum atomic E-state index is 10.2. The summed E-state index contributed by atoms with van der Waals surface area (Å²) < 4.78 is 0. The van der Waals surface area contributed by atoms with Gasteiger partial charge in [-0.3, -0.25) is 5.41 Å². The van der Waals surface area contributed by atoms with Gasteiger partial charge in [0.05, 0.1) is 5.71 Å². The summed E-state index contributed by atoms with van der Waals surface area (Å²) in [5, 5.41) is 19.0. The van der Waals surface area contributed by atoms with Crippen molar-refractivity contribution < 1.29 is 5.11 Å². The minimum atomic E-state index is 0.155. The molecule has 2 rings (SSSR count). The summed E-state index contributed by atoms with van der Waals surface area (Å²) in [5.74, 6) is 0.754. The van der Waals surface area contributed by atoms with Crippen LogP contribution in [0.5, 0.6) is 5.75 Å². The van der Waals surface area contributed by atoms with Crippen LogP contribution in [0.2, 0.25) is 0 Å². The smallest absolute Gasteiger partial charge is 0.124 e. The summed E-state index contributed by atoms with van der Waals surface area (Å²) in [6.07, 6.45) is 2.74. The zero-order valence-corrected chi connectivity index (χ0v) is 15.1. The number of benzene rings is 2. The Labute approximate surface area is 145 Å². The highest BCUT2D eigenvalue weighted by molar-refractivity contribution is 6.14. The van der Waals surface area contributed by atoms with Crippen molar-refractivity contribution in [2.45, 2.75) is 46.0 Å².